The van der Waals surface area contributed by atoms with Crippen molar-refractivity contribution in [3.05, 3.63) is 0 Å². The molecule has 0 aliphatic carbocycles. The first-order valence-corrected chi connectivity index (χ1v) is 7.81. The lowest BCUT2D eigenvalue weighted by atomic mass is 10.0. The number of hydrogen-bond donors (Lipinski definition) is 1. The number of unbranched alkanes of at least 4 members (excludes halogenated alkanes) is 1. The first-order valence-electron chi connectivity index (χ1n) is 7.81. The topological polar surface area (TPSA) is 30.9 Å². The molecular weight excluding hydrogens is 236 g/mol. The summed E-state index contributed by atoms with van der Waals surface area (Å²) in [7, 11) is 4.09. The van der Waals surface area contributed by atoms with Crippen molar-refractivity contribution in [2.45, 2.75) is 39.5 Å². The lowest BCUT2D eigenvalue weighted by Crippen LogP contribution is -2.47. The fourth-order valence-electron chi connectivity index (χ4n) is 2.61. The molecule has 0 saturated carbocycles. The standard InChI is InChI=1S/C15H32N4/c1-5-6-10-18(4)12-9-17-15(16-3)19-11-7-8-14(2)13-19/h14H,5-13H2,1-4H3,(H,16,17). The van der Waals surface area contributed by atoms with E-state index in [9.17, 15) is 0 Å². The zero-order valence-electron chi connectivity index (χ0n) is 13.3. The van der Waals surface area contributed by atoms with Crippen LogP contribution in [0, 0.1) is 5.92 Å². The number of likely N-dealkylation sites (tertiary alicyclic amines) is 1. The van der Waals surface area contributed by atoms with Crippen LogP contribution in [0.1, 0.15) is 39.5 Å². The summed E-state index contributed by atoms with van der Waals surface area (Å²) in [6.45, 7) is 10.1. The van der Waals surface area contributed by atoms with E-state index in [0.29, 0.717) is 0 Å². The minimum absolute atomic E-state index is 0.791. The summed E-state index contributed by atoms with van der Waals surface area (Å²) >= 11 is 0. The van der Waals surface area contributed by atoms with Crippen LogP contribution in [0.3, 0.4) is 0 Å². The number of likely N-dealkylation sites (N-methyl/N-ethyl adjacent to an activating group) is 1. The molecule has 0 amide bonds. The third kappa shape index (κ3) is 6.28. The highest BCUT2D eigenvalue weighted by atomic mass is 15.3. The van der Waals surface area contributed by atoms with Gasteiger partial charge in [-0.3, -0.25) is 4.99 Å². The van der Waals surface area contributed by atoms with Gasteiger partial charge in [0.1, 0.15) is 0 Å². The van der Waals surface area contributed by atoms with Gasteiger partial charge in [0.05, 0.1) is 0 Å². The number of nitrogens with zero attached hydrogens (tertiary/aromatic N) is 3. The van der Waals surface area contributed by atoms with E-state index in [1.54, 1.807) is 0 Å². The second kappa shape index (κ2) is 9.18. The van der Waals surface area contributed by atoms with E-state index in [1.165, 1.54) is 32.2 Å². The van der Waals surface area contributed by atoms with Gasteiger partial charge in [0.25, 0.3) is 0 Å². The zero-order valence-corrected chi connectivity index (χ0v) is 13.3. The molecule has 1 saturated heterocycles. The van der Waals surface area contributed by atoms with Crippen molar-refractivity contribution < 1.29 is 0 Å². The minimum Gasteiger partial charge on any atom is -0.355 e. The van der Waals surface area contributed by atoms with E-state index < -0.39 is 0 Å². The summed E-state index contributed by atoms with van der Waals surface area (Å²) in [5, 5.41) is 3.50. The Morgan fingerprint density at radius 1 is 1.42 bits per heavy atom. The highest BCUT2D eigenvalue weighted by Crippen LogP contribution is 2.15. The average molecular weight is 268 g/mol. The first-order chi connectivity index (χ1) is 9.17. The Hall–Kier alpha value is -0.770. The summed E-state index contributed by atoms with van der Waals surface area (Å²) in [5.41, 5.74) is 0. The highest BCUT2D eigenvalue weighted by Gasteiger charge is 2.18. The summed E-state index contributed by atoms with van der Waals surface area (Å²) in [6, 6.07) is 0. The molecule has 1 fully saturated rings. The highest BCUT2D eigenvalue weighted by molar-refractivity contribution is 5.79. The molecule has 0 aromatic carbocycles. The molecule has 1 aliphatic rings. The minimum atomic E-state index is 0.791. The second-order valence-corrected chi connectivity index (χ2v) is 5.82. The quantitative estimate of drug-likeness (QED) is 0.591. The molecule has 1 unspecified atom stereocenters. The van der Waals surface area contributed by atoms with Gasteiger partial charge >= 0.3 is 0 Å². The van der Waals surface area contributed by atoms with Crippen molar-refractivity contribution in [3.8, 4) is 0 Å². The average Bonchev–Trinajstić information content (AvgIpc) is 2.41. The summed E-state index contributed by atoms with van der Waals surface area (Å²) in [6.07, 6.45) is 5.20. The van der Waals surface area contributed by atoms with E-state index in [2.05, 4.69) is 41.0 Å². The van der Waals surface area contributed by atoms with Gasteiger partial charge in [-0.2, -0.15) is 0 Å². The maximum atomic E-state index is 4.42. The van der Waals surface area contributed by atoms with Crippen LogP contribution < -0.4 is 5.32 Å². The predicted octanol–water partition coefficient (Wildman–Crippen LogP) is 2.03. The fraction of sp³-hybridized carbons (Fsp3) is 0.933. The molecular formula is C15H32N4. The normalized spacial score (nSPS) is 21.0. The fourth-order valence-corrected chi connectivity index (χ4v) is 2.61. The van der Waals surface area contributed by atoms with E-state index in [0.717, 1.165) is 38.1 Å². The smallest absolute Gasteiger partial charge is 0.193 e. The van der Waals surface area contributed by atoms with Gasteiger partial charge < -0.3 is 15.1 Å². The molecule has 1 aliphatic heterocycles. The molecule has 0 aromatic heterocycles. The maximum absolute atomic E-state index is 4.42. The van der Waals surface area contributed by atoms with Crippen molar-refractivity contribution in [2.75, 3.05) is 46.8 Å². The largest absolute Gasteiger partial charge is 0.355 e. The Morgan fingerprint density at radius 2 is 2.21 bits per heavy atom. The van der Waals surface area contributed by atoms with Crippen LogP contribution in [-0.4, -0.2) is 62.6 Å². The monoisotopic (exact) mass is 268 g/mol. The van der Waals surface area contributed by atoms with E-state index in [1.807, 2.05) is 7.05 Å². The number of guanidine groups is 1. The molecule has 112 valence electrons. The lowest BCUT2D eigenvalue weighted by Gasteiger charge is -2.33. The summed E-state index contributed by atoms with van der Waals surface area (Å²) < 4.78 is 0. The van der Waals surface area contributed by atoms with Crippen molar-refractivity contribution in [2.24, 2.45) is 10.9 Å². The van der Waals surface area contributed by atoms with Crippen LogP contribution in [0.25, 0.3) is 0 Å². The van der Waals surface area contributed by atoms with Gasteiger partial charge in [-0.05, 0) is 38.8 Å². The van der Waals surface area contributed by atoms with Crippen molar-refractivity contribution in [3.63, 3.8) is 0 Å². The van der Waals surface area contributed by atoms with Crippen LogP contribution in [0.2, 0.25) is 0 Å². The Morgan fingerprint density at radius 3 is 2.84 bits per heavy atom. The Labute approximate surface area is 119 Å². The second-order valence-electron chi connectivity index (χ2n) is 5.82. The van der Waals surface area contributed by atoms with E-state index >= 15 is 0 Å². The first kappa shape index (κ1) is 16.3. The molecule has 0 aromatic rings. The van der Waals surface area contributed by atoms with Crippen molar-refractivity contribution in [1.82, 2.24) is 15.1 Å². The molecule has 1 rings (SSSR count). The Bertz CT molecular complexity index is 265. The summed E-state index contributed by atoms with van der Waals surface area (Å²) in [4.78, 5) is 9.21. The molecule has 0 radical (unpaired) electrons. The van der Waals surface area contributed by atoms with E-state index in [4.69, 9.17) is 0 Å². The van der Waals surface area contributed by atoms with Crippen LogP contribution in [-0.2, 0) is 0 Å². The number of aliphatic imine (C=N–C) groups is 1. The van der Waals surface area contributed by atoms with Gasteiger partial charge in [-0.1, -0.05) is 20.3 Å². The molecule has 4 heteroatoms. The van der Waals surface area contributed by atoms with Gasteiger partial charge in [-0.25, -0.2) is 0 Å². The van der Waals surface area contributed by atoms with Crippen LogP contribution in [0.15, 0.2) is 4.99 Å². The number of piperidine rings is 1. The van der Waals surface area contributed by atoms with Crippen LogP contribution in [0.4, 0.5) is 0 Å². The Kier molecular flexibility index (Phi) is 7.87. The van der Waals surface area contributed by atoms with Gasteiger partial charge in [-0.15, -0.1) is 0 Å². The third-order valence-electron chi connectivity index (χ3n) is 3.84. The number of rotatable bonds is 6. The van der Waals surface area contributed by atoms with Crippen LogP contribution in [0.5, 0.6) is 0 Å². The summed E-state index contributed by atoms with van der Waals surface area (Å²) in [5.74, 6) is 1.87. The maximum Gasteiger partial charge on any atom is 0.193 e. The predicted molar refractivity (Wildman–Crippen MR) is 83.7 cm³/mol. The SMILES string of the molecule is CCCCN(C)CCNC(=NC)N1CCCC(C)C1. The zero-order chi connectivity index (χ0) is 14.1. The Balaban J connectivity index is 2.25. The molecule has 0 spiro atoms. The molecule has 0 bridgehead atoms. The van der Waals surface area contributed by atoms with Gasteiger partial charge in [0, 0.05) is 33.2 Å². The van der Waals surface area contributed by atoms with Crippen LogP contribution >= 0.6 is 0 Å². The lowest BCUT2D eigenvalue weighted by molar-refractivity contribution is 0.263. The van der Waals surface area contributed by atoms with Gasteiger partial charge in [0.15, 0.2) is 5.96 Å². The van der Waals surface area contributed by atoms with Gasteiger partial charge in [0.2, 0.25) is 0 Å². The molecule has 19 heavy (non-hydrogen) atoms. The molecule has 1 heterocycles. The van der Waals surface area contributed by atoms with Crippen molar-refractivity contribution in [1.29, 1.82) is 0 Å². The van der Waals surface area contributed by atoms with Crippen molar-refractivity contribution >= 4 is 5.96 Å². The number of hydrogen-bond acceptors (Lipinski definition) is 2. The molecule has 4 nitrogen and oxygen atoms in total. The molecule has 1 atom stereocenters. The number of nitrogens with one attached hydrogen (secondary N) is 1. The molecule has 1 N–H and O–H groups in total. The van der Waals surface area contributed by atoms with E-state index in [-0.39, 0.29) is 0 Å². The third-order valence-corrected chi connectivity index (χ3v) is 3.84.